The van der Waals surface area contributed by atoms with Gasteiger partial charge in [0.25, 0.3) is 0 Å². The SMILES string of the molecule is COc1ccc(CN2CCC3CCC(C2)N3)cc1C.Cl. The lowest BCUT2D eigenvalue weighted by atomic mass is 10.1. The quantitative estimate of drug-likeness (QED) is 0.928. The Kier molecular flexibility index (Phi) is 5.30. The lowest BCUT2D eigenvalue weighted by Crippen LogP contribution is -2.34. The summed E-state index contributed by atoms with van der Waals surface area (Å²) in [6.45, 7) is 5.60. The third-order valence-corrected chi connectivity index (χ3v) is 4.47. The Morgan fingerprint density at radius 1 is 1.25 bits per heavy atom. The first kappa shape index (κ1) is 15.6. The molecule has 0 radical (unpaired) electrons. The minimum Gasteiger partial charge on any atom is -0.496 e. The van der Waals surface area contributed by atoms with Gasteiger partial charge in [0, 0.05) is 31.7 Å². The molecule has 20 heavy (non-hydrogen) atoms. The molecule has 2 bridgehead atoms. The monoisotopic (exact) mass is 296 g/mol. The number of fused-ring (bicyclic) bond motifs is 2. The molecule has 0 aliphatic carbocycles. The molecule has 4 heteroatoms. The maximum absolute atomic E-state index is 5.33. The standard InChI is InChI=1S/C16H24N2O.ClH/c1-12-9-13(3-6-16(12)19-2)10-18-8-7-14-4-5-15(11-18)17-14;/h3,6,9,14-15,17H,4-5,7-8,10-11H2,1-2H3;1H. The second-order valence-corrected chi connectivity index (χ2v) is 5.97. The van der Waals surface area contributed by atoms with Crippen molar-refractivity contribution in [3.8, 4) is 5.75 Å². The summed E-state index contributed by atoms with van der Waals surface area (Å²) in [5.41, 5.74) is 2.63. The molecule has 0 spiro atoms. The highest BCUT2D eigenvalue weighted by atomic mass is 35.5. The molecular weight excluding hydrogens is 272 g/mol. The molecule has 2 aliphatic rings. The zero-order valence-corrected chi connectivity index (χ0v) is 13.2. The van der Waals surface area contributed by atoms with Crippen LogP contribution in [0.5, 0.6) is 5.75 Å². The van der Waals surface area contributed by atoms with E-state index in [-0.39, 0.29) is 12.4 Å². The van der Waals surface area contributed by atoms with Crippen LogP contribution in [0.2, 0.25) is 0 Å². The van der Waals surface area contributed by atoms with E-state index in [0.29, 0.717) is 6.04 Å². The van der Waals surface area contributed by atoms with Crippen LogP contribution in [0.25, 0.3) is 0 Å². The number of rotatable bonds is 3. The molecule has 3 rings (SSSR count). The Balaban J connectivity index is 0.00000147. The van der Waals surface area contributed by atoms with Gasteiger partial charge < -0.3 is 10.1 Å². The fraction of sp³-hybridized carbons (Fsp3) is 0.625. The molecule has 0 saturated carbocycles. The van der Waals surface area contributed by atoms with Gasteiger partial charge in [-0.1, -0.05) is 12.1 Å². The van der Waals surface area contributed by atoms with Crippen molar-refractivity contribution in [3.63, 3.8) is 0 Å². The second kappa shape index (κ2) is 6.79. The molecule has 2 saturated heterocycles. The van der Waals surface area contributed by atoms with E-state index in [1.54, 1.807) is 7.11 Å². The minimum atomic E-state index is 0. The van der Waals surface area contributed by atoms with Crippen molar-refractivity contribution in [2.24, 2.45) is 0 Å². The Hall–Kier alpha value is -0.770. The molecule has 2 fully saturated rings. The number of methoxy groups -OCH3 is 1. The van der Waals surface area contributed by atoms with Crippen LogP contribution >= 0.6 is 12.4 Å². The van der Waals surface area contributed by atoms with Gasteiger partial charge in [0.2, 0.25) is 0 Å². The zero-order chi connectivity index (χ0) is 13.2. The Labute approximate surface area is 128 Å². The molecule has 2 heterocycles. The Bertz CT molecular complexity index is 452. The predicted molar refractivity (Wildman–Crippen MR) is 84.8 cm³/mol. The van der Waals surface area contributed by atoms with Crippen molar-refractivity contribution in [3.05, 3.63) is 29.3 Å². The summed E-state index contributed by atoms with van der Waals surface area (Å²) >= 11 is 0. The van der Waals surface area contributed by atoms with Crippen LogP contribution in [0.1, 0.15) is 30.4 Å². The molecular formula is C16H25ClN2O. The fourth-order valence-electron chi connectivity index (χ4n) is 3.46. The van der Waals surface area contributed by atoms with Crippen LogP contribution in [0.15, 0.2) is 18.2 Å². The van der Waals surface area contributed by atoms with Crippen molar-refractivity contribution in [1.29, 1.82) is 0 Å². The average Bonchev–Trinajstić information content (AvgIpc) is 2.73. The summed E-state index contributed by atoms with van der Waals surface area (Å²) in [4.78, 5) is 2.60. The predicted octanol–water partition coefficient (Wildman–Crippen LogP) is 2.75. The van der Waals surface area contributed by atoms with E-state index in [9.17, 15) is 0 Å². The molecule has 1 N–H and O–H groups in total. The molecule has 0 amide bonds. The van der Waals surface area contributed by atoms with Crippen molar-refractivity contribution in [2.45, 2.75) is 44.8 Å². The van der Waals surface area contributed by atoms with Crippen LogP contribution in [-0.2, 0) is 6.54 Å². The molecule has 2 atom stereocenters. The zero-order valence-electron chi connectivity index (χ0n) is 12.4. The normalized spacial score (nSPS) is 25.9. The third kappa shape index (κ3) is 3.46. The first-order chi connectivity index (χ1) is 9.24. The van der Waals surface area contributed by atoms with Crippen LogP contribution in [0.4, 0.5) is 0 Å². The van der Waals surface area contributed by atoms with Crippen molar-refractivity contribution >= 4 is 12.4 Å². The fourth-order valence-corrected chi connectivity index (χ4v) is 3.46. The molecule has 1 aromatic carbocycles. The van der Waals surface area contributed by atoms with Gasteiger partial charge in [-0.15, -0.1) is 12.4 Å². The van der Waals surface area contributed by atoms with E-state index < -0.39 is 0 Å². The van der Waals surface area contributed by atoms with Gasteiger partial charge in [-0.3, -0.25) is 4.90 Å². The maximum atomic E-state index is 5.33. The second-order valence-electron chi connectivity index (χ2n) is 5.97. The smallest absolute Gasteiger partial charge is 0.121 e. The highest BCUT2D eigenvalue weighted by Crippen LogP contribution is 2.23. The maximum Gasteiger partial charge on any atom is 0.121 e. The number of halogens is 1. The lowest BCUT2D eigenvalue weighted by molar-refractivity contribution is 0.251. The lowest BCUT2D eigenvalue weighted by Gasteiger charge is -2.24. The van der Waals surface area contributed by atoms with Crippen LogP contribution in [-0.4, -0.2) is 37.2 Å². The number of hydrogen-bond acceptors (Lipinski definition) is 3. The van der Waals surface area contributed by atoms with Crippen LogP contribution in [0.3, 0.4) is 0 Å². The number of ether oxygens (including phenoxy) is 1. The van der Waals surface area contributed by atoms with Gasteiger partial charge in [-0.25, -0.2) is 0 Å². The van der Waals surface area contributed by atoms with Gasteiger partial charge in [0.15, 0.2) is 0 Å². The molecule has 3 nitrogen and oxygen atoms in total. The van der Waals surface area contributed by atoms with Crippen molar-refractivity contribution in [2.75, 3.05) is 20.2 Å². The first-order valence-corrected chi connectivity index (χ1v) is 7.36. The van der Waals surface area contributed by atoms with E-state index in [0.717, 1.165) is 18.3 Å². The first-order valence-electron chi connectivity index (χ1n) is 7.36. The number of hydrogen-bond donors (Lipinski definition) is 1. The van der Waals surface area contributed by atoms with E-state index in [1.165, 1.54) is 43.5 Å². The number of benzene rings is 1. The summed E-state index contributed by atoms with van der Waals surface area (Å²) in [5.74, 6) is 0.986. The highest BCUT2D eigenvalue weighted by molar-refractivity contribution is 5.85. The largest absolute Gasteiger partial charge is 0.496 e. The van der Waals surface area contributed by atoms with Gasteiger partial charge in [0.05, 0.1) is 7.11 Å². The van der Waals surface area contributed by atoms with E-state index in [4.69, 9.17) is 4.74 Å². The summed E-state index contributed by atoms with van der Waals surface area (Å²) in [7, 11) is 1.74. The highest BCUT2D eigenvalue weighted by Gasteiger charge is 2.28. The average molecular weight is 297 g/mol. The molecule has 112 valence electrons. The molecule has 2 unspecified atom stereocenters. The van der Waals surface area contributed by atoms with Crippen molar-refractivity contribution < 1.29 is 4.74 Å². The summed E-state index contributed by atoms with van der Waals surface area (Å²) in [6, 6.07) is 8.03. The minimum absolute atomic E-state index is 0. The molecule has 1 aromatic rings. The molecule has 2 aliphatic heterocycles. The van der Waals surface area contributed by atoms with Gasteiger partial charge in [-0.05, 0) is 43.4 Å². The van der Waals surface area contributed by atoms with Crippen molar-refractivity contribution in [1.82, 2.24) is 10.2 Å². The number of nitrogens with zero attached hydrogens (tertiary/aromatic N) is 1. The van der Waals surface area contributed by atoms with Gasteiger partial charge in [-0.2, -0.15) is 0 Å². The summed E-state index contributed by atoms with van der Waals surface area (Å²) in [6.07, 6.45) is 4.02. The molecule has 0 aromatic heterocycles. The third-order valence-electron chi connectivity index (χ3n) is 4.47. The topological polar surface area (TPSA) is 24.5 Å². The van der Waals surface area contributed by atoms with Crippen LogP contribution in [0, 0.1) is 6.92 Å². The van der Waals surface area contributed by atoms with E-state index >= 15 is 0 Å². The number of aryl methyl sites for hydroxylation is 1. The Morgan fingerprint density at radius 2 is 2.05 bits per heavy atom. The van der Waals surface area contributed by atoms with E-state index in [2.05, 4.69) is 35.3 Å². The van der Waals surface area contributed by atoms with Crippen LogP contribution < -0.4 is 10.1 Å². The summed E-state index contributed by atoms with van der Waals surface area (Å²) in [5, 5.41) is 3.74. The van der Waals surface area contributed by atoms with Gasteiger partial charge >= 0.3 is 0 Å². The summed E-state index contributed by atoms with van der Waals surface area (Å²) < 4.78 is 5.33. The Morgan fingerprint density at radius 3 is 2.80 bits per heavy atom. The van der Waals surface area contributed by atoms with E-state index in [1.807, 2.05) is 0 Å². The number of likely N-dealkylation sites (tertiary alicyclic amines) is 1. The number of nitrogens with one attached hydrogen (secondary N) is 1. The van der Waals surface area contributed by atoms with Gasteiger partial charge in [0.1, 0.15) is 5.75 Å².